The first-order valence-electron chi connectivity index (χ1n) is 20.5. The summed E-state index contributed by atoms with van der Waals surface area (Å²) in [7, 11) is 0. The molecule has 6 fully saturated rings. The van der Waals surface area contributed by atoms with Crippen LogP contribution in [-0.2, 0) is 14.4 Å². The summed E-state index contributed by atoms with van der Waals surface area (Å²) < 4.78 is 271. The molecule has 6 atom stereocenters. The molecule has 0 spiro atoms. The Bertz CT molecular complexity index is 2020. The molecule has 0 aromatic heterocycles. The van der Waals surface area contributed by atoms with Crippen molar-refractivity contribution in [3.05, 3.63) is 34.0 Å². The normalized spacial score (nSPS) is 32.8. The molecule has 0 aromatic rings. The first kappa shape index (κ1) is 62.0. The van der Waals surface area contributed by atoms with Crippen molar-refractivity contribution < 1.29 is 171 Å². The minimum Gasteiger partial charge on any atom is -0.506 e. The average molecular weight is 1200 g/mol. The van der Waals surface area contributed by atoms with Crippen LogP contribution in [0.25, 0.3) is 0 Å². The van der Waals surface area contributed by atoms with Crippen molar-refractivity contribution in [2.75, 3.05) is 0 Å². The Morgan fingerprint density at radius 3 is 0.643 bits per heavy atom. The number of rotatable bonds is 6. The molecule has 0 unspecified atom stereocenters. The predicted octanol–water partition coefficient (Wildman–Crippen LogP) is 14.0. The molecule has 0 amide bonds. The van der Waals surface area contributed by atoms with Crippen LogP contribution in [0.4, 0.5) is 92.2 Å². The van der Waals surface area contributed by atoms with Gasteiger partial charge in [0.25, 0.3) is 0 Å². The molecule has 28 heteroatoms. The number of ketones is 3. The van der Waals surface area contributed by atoms with E-state index in [-0.39, 0.29) is 68.6 Å². The number of carbonyl (C=O) groups excluding carboxylic acids is 3. The Morgan fingerprint density at radius 2 is 0.529 bits per heavy atom. The van der Waals surface area contributed by atoms with Gasteiger partial charge in [-0.25, -0.2) is 0 Å². The van der Waals surface area contributed by atoms with Crippen LogP contribution in [0.1, 0.15) is 101 Å². The number of carbonyl (C=O) groups is 3. The number of aliphatic hydroxyl groups excluding tert-OH is 3. The van der Waals surface area contributed by atoms with Gasteiger partial charge in [-0.3, -0.25) is 14.4 Å². The van der Waals surface area contributed by atoms with Gasteiger partial charge in [0.2, 0.25) is 0 Å². The zero-order chi connectivity index (χ0) is 54.7. The van der Waals surface area contributed by atoms with Crippen molar-refractivity contribution in [3.63, 3.8) is 0 Å². The number of hydrogen-bond donors (Lipinski definition) is 3. The van der Waals surface area contributed by atoms with Crippen LogP contribution in [0, 0.1) is 99.6 Å². The number of halogens is 21. The Morgan fingerprint density at radius 1 is 0.371 bits per heavy atom. The second kappa shape index (κ2) is 17.1. The molecule has 6 aliphatic rings. The van der Waals surface area contributed by atoms with E-state index in [9.17, 15) is 122 Å². The average Bonchev–Trinajstić information content (AvgIpc) is 3.79. The van der Waals surface area contributed by atoms with Crippen LogP contribution >= 0.6 is 0 Å². The fourth-order valence-corrected chi connectivity index (χ4v) is 10.9. The van der Waals surface area contributed by atoms with E-state index in [0.717, 1.165) is 0 Å². The number of allylic oxidation sites excluding steroid dienone is 6. The van der Waals surface area contributed by atoms with E-state index in [4.69, 9.17) is 0 Å². The molecule has 1 radical (unpaired) electrons. The second-order valence-electron chi connectivity index (χ2n) is 20.6. The summed E-state index contributed by atoms with van der Waals surface area (Å²) in [6.45, 7) is 13.6. The molecule has 6 aliphatic carbocycles. The van der Waals surface area contributed by atoms with Gasteiger partial charge in [-0.05, 0) is 72.5 Å². The molecule has 0 saturated heterocycles. The summed E-state index contributed by atoms with van der Waals surface area (Å²) in [6.07, 6.45) is -18.3. The fourth-order valence-electron chi connectivity index (χ4n) is 10.9. The Labute approximate surface area is 425 Å². The van der Waals surface area contributed by atoms with Crippen molar-refractivity contribution in [3.8, 4) is 0 Å². The van der Waals surface area contributed by atoms with E-state index in [2.05, 4.69) is 0 Å². The minimum absolute atomic E-state index is 0. The monoisotopic (exact) mass is 1200 g/mol. The number of Topliss-reactive ketones (excluding diaryl/α,β-unsaturated/α-hetero) is 3. The topological polar surface area (TPSA) is 112 Å². The van der Waals surface area contributed by atoms with Crippen molar-refractivity contribution >= 4 is 17.3 Å². The Hall–Kier alpha value is -2.26. The van der Waals surface area contributed by atoms with Gasteiger partial charge in [0.05, 0.1) is 0 Å². The maximum atomic E-state index is 13.7. The van der Waals surface area contributed by atoms with Crippen LogP contribution in [0.15, 0.2) is 34.0 Å². The fraction of sp³-hybridized carbons (Fsp3) is 0.786. The number of fused-ring (bicyclic) bond motifs is 6. The number of hydrogen-bond acceptors (Lipinski definition) is 6. The molecule has 0 aliphatic heterocycles. The third kappa shape index (κ3) is 7.90. The molecule has 3 N–H and O–H groups in total. The van der Waals surface area contributed by atoms with Crippen LogP contribution in [0.2, 0.25) is 0 Å². The van der Waals surface area contributed by atoms with Crippen LogP contribution < -0.4 is 0 Å². The minimum atomic E-state index is -6.56. The maximum absolute atomic E-state index is 13.7. The summed E-state index contributed by atoms with van der Waals surface area (Å²) in [5.41, 5.74) is -9.29. The smallest absolute Gasteiger partial charge is 0.460 e. The molecular formula is C42H45EuF21O6. The van der Waals surface area contributed by atoms with Gasteiger partial charge in [-0.2, -0.15) is 92.2 Å². The van der Waals surface area contributed by atoms with E-state index in [1.54, 1.807) is 41.5 Å². The zero-order valence-corrected chi connectivity index (χ0v) is 40.3. The number of alkyl halides is 21. The van der Waals surface area contributed by atoms with Crippen molar-refractivity contribution in [2.45, 2.75) is 155 Å². The van der Waals surface area contributed by atoms with Crippen molar-refractivity contribution in [2.24, 2.45) is 50.2 Å². The Kier molecular flexibility index (Phi) is 15.2. The summed E-state index contributed by atoms with van der Waals surface area (Å²) in [5.74, 6) is -50.5. The zero-order valence-electron chi connectivity index (χ0n) is 37.9. The summed E-state index contributed by atoms with van der Waals surface area (Å²) in [5, 5.41) is 28.6. The van der Waals surface area contributed by atoms with E-state index < -0.39 is 156 Å². The number of aliphatic hydroxyl groups is 3. The van der Waals surface area contributed by atoms with Gasteiger partial charge in [0, 0.05) is 82.3 Å². The maximum Gasteiger partial charge on any atom is 0.460 e. The summed E-state index contributed by atoms with van der Waals surface area (Å²) >= 11 is 0. The molecule has 70 heavy (non-hydrogen) atoms. The first-order chi connectivity index (χ1) is 30.1. The predicted molar refractivity (Wildman–Crippen MR) is 196 cm³/mol. The molecule has 403 valence electrons. The molecule has 6 bridgehead atoms. The molecule has 0 heterocycles. The third-order valence-corrected chi connectivity index (χ3v) is 16.9. The van der Waals surface area contributed by atoms with Gasteiger partial charge in [-0.1, -0.05) is 62.3 Å². The SMILES string of the molecule is CC1(C)[C@@H]2CC[C@@]1(C)C(=O)/C2=C(/O)C(F)(F)C(F)(F)C(F)(F)F.CC1(C)[C@@H]2CC[C@@]1(C)C(=O)/C2=C(\O)C(F)(F)C(F)(F)C(F)(F)F.CC1(C)[C@@H]2CC[C@@]1(C)C(=O)/C2=C(\O)C(F)(F)C(F)(F)C(F)(F)F.[Eu]. The van der Waals surface area contributed by atoms with E-state index >= 15 is 0 Å². The first-order valence-corrected chi connectivity index (χ1v) is 20.5. The quantitative estimate of drug-likeness (QED) is 0.139. The van der Waals surface area contributed by atoms with Crippen LogP contribution in [0.5, 0.6) is 0 Å². The second-order valence-corrected chi connectivity index (χ2v) is 20.6. The van der Waals surface area contributed by atoms with E-state index in [1.165, 1.54) is 20.8 Å². The van der Waals surface area contributed by atoms with Crippen LogP contribution in [0.3, 0.4) is 0 Å². The van der Waals surface area contributed by atoms with Crippen molar-refractivity contribution in [1.82, 2.24) is 0 Å². The van der Waals surface area contributed by atoms with Gasteiger partial charge < -0.3 is 15.3 Å². The third-order valence-electron chi connectivity index (χ3n) is 16.9. The molecular weight excluding hydrogens is 1150 g/mol. The standard InChI is InChI=1S/3C14H15F7O2.Eu/c3*1-10(2)6-4-5-11(10,3)8(22)7(6)9(23)12(15,16)13(17,18)14(19,20)21;/h3*6,23H,4-5H2,1-3H3;/b9-7+;2*9-7-;/t3*6-,11+;/m111./s1. The molecule has 0 aromatic carbocycles. The van der Waals surface area contributed by atoms with Gasteiger partial charge in [0.15, 0.2) is 34.6 Å². The van der Waals surface area contributed by atoms with E-state index in [1.807, 2.05) is 0 Å². The summed E-state index contributed by atoms with van der Waals surface area (Å²) in [4.78, 5) is 36.9. The molecule has 6 saturated carbocycles. The van der Waals surface area contributed by atoms with Gasteiger partial charge >= 0.3 is 54.1 Å². The molecule has 6 rings (SSSR count). The van der Waals surface area contributed by atoms with Crippen molar-refractivity contribution in [1.29, 1.82) is 0 Å². The van der Waals surface area contributed by atoms with Crippen LogP contribution in [-0.4, -0.2) is 86.7 Å². The van der Waals surface area contributed by atoms with Gasteiger partial charge in [-0.15, -0.1) is 0 Å². The summed E-state index contributed by atoms with van der Waals surface area (Å²) in [6, 6.07) is 0. The largest absolute Gasteiger partial charge is 0.506 e. The van der Waals surface area contributed by atoms with Gasteiger partial charge in [0.1, 0.15) is 0 Å². The molecule has 6 nitrogen and oxygen atoms in total. The van der Waals surface area contributed by atoms with E-state index in [0.29, 0.717) is 19.3 Å². The Balaban J connectivity index is 0.000000276.